The fourth-order valence-electron chi connectivity index (χ4n) is 1.36. The van der Waals surface area contributed by atoms with Crippen molar-refractivity contribution in [3.63, 3.8) is 0 Å². The van der Waals surface area contributed by atoms with Gasteiger partial charge in [-0.25, -0.2) is 9.37 Å². The number of anilines is 2. The third-order valence-electron chi connectivity index (χ3n) is 2.19. The zero-order valence-corrected chi connectivity index (χ0v) is 11.3. The lowest BCUT2D eigenvalue weighted by atomic mass is 10.2. The quantitative estimate of drug-likeness (QED) is 0.869. The number of rotatable bonds is 2. The van der Waals surface area contributed by atoms with Crippen molar-refractivity contribution >= 4 is 39.0 Å². The molecule has 2 aromatic rings. The van der Waals surface area contributed by atoms with Crippen LogP contribution in [0.3, 0.4) is 0 Å². The van der Waals surface area contributed by atoms with Crippen molar-refractivity contribution in [2.45, 2.75) is 6.92 Å². The number of aryl methyl sites for hydroxylation is 1. The molecule has 2 nitrogen and oxygen atoms in total. The molecule has 1 heterocycles. The number of pyridine rings is 1. The van der Waals surface area contributed by atoms with Crippen LogP contribution in [0.4, 0.5) is 15.9 Å². The summed E-state index contributed by atoms with van der Waals surface area (Å²) in [5.41, 5.74) is 1.68. The Kier molecular flexibility index (Phi) is 3.64. The van der Waals surface area contributed by atoms with Crippen molar-refractivity contribution in [3.8, 4) is 0 Å². The summed E-state index contributed by atoms with van der Waals surface area (Å²) in [5, 5.41) is 3.39. The maximum atomic E-state index is 13.5. The Labute approximate surface area is 112 Å². The molecule has 1 aromatic carbocycles. The maximum absolute atomic E-state index is 13.5. The zero-order chi connectivity index (χ0) is 12.4. The summed E-state index contributed by atoms with van der Waals surface area (Å²) in [6.45, 7) is 1.94. The molecule has 0 aliphatic heterocycles. The van der Waals surface area contributed by atoms with Gasteiger partial charge >= 0.3 is 0 Å². The van der Waals surface area contributed by atoms with Crippen LogP contribution in [0.1, 0.15) is 5.56 Å². The van der Waals surface area contributed by atoms with Crippen LogP contribution in [0, 0.1) is 12.7 Å². The van der Waals surface area contributed by atoms with Crippen LogP contribution >= 0.6 is 27.5 Å². The van der Waals surface area contributed by atoms with Gasteiger partial charge < -0.3 is 5.32 Å². The third-order valence-corrected chi connectivity index (χ3v) is 2.93. The summed E-state index contributed by atoms with van der Waals surface area (Å²) in [7, 11) is 0. The molecular formula is C12H9BrClFN2. The van der Waals surface area contributed by atoms with Crippen LogP contribution in [0.15, 0.2) is 34.9 Å². The van der Waals surface area contributed by atoms with Gasteiger partial charge in [0, 0.05) is 10.7 Å². The molecule has 0 unspecified atom stereocenters. The summed E-state index contributed by atoms with van der Waals surface area (Å²) in [4.78, 5) is 3.95. The van der Waals surface area contributed by atoms with Crippen LogP contribution in [-0.2, 0) is 0 Å². The molecule has 0 amide bonds. The van der Waals surface area contributed by atoms with E-state index >= 15 is 0 Å². The molecule has 0 aliphatic carbocycles. The van der Waals surface area contributed by atoms with Crippen molar-refractivity contribution in [2.24, 2.45) is 0 Å². The van der Waals surface area contributed by atoms with Crippen molar-refractivity contribution in [1.29, 1.82) is 0 Å². The Morgan fingerprint density at radius 3 is 2.76 bits per heavy atom. The largest absolute Gasteiger partial charge is 0.337 e. The van der Waals surface area contributed by atoms with E-state index < -0.39 is 5.82 Å². The number of hydrogen-bond donors (Lipinski definition) is 1. The highest BCUT2D eigenvalue weighted by Gasteiger charge is 2.07. The molecule has 1 aromatic heterocycles. The van der Waals surface area contributed by atoms with Gasteiger partial charge in [0.05, 0.1) is 10.7 Å². The Hall–Kier alpha value is -1.13. The van der Waals surface area contributed by atoms with Gasteiger partial charge in [-0.3, -0.25) is 0 Å². The van der Waals surface area contributed by atoms with E-state index in [1.807, 2.05) is 13.0 Å². The Bertz CT molecular complexity index is 511. The van der Waals surface area contributed by atoms with Gasteiger partial charge in [-0.05, 0) is 46.6 Å². The lowest BCUT2D eigenvalue weighted by Gasteiger charge is -2.09. The fraction of sp³-hybridized carbons (Fsp3) is 0.0833. The normalized spacial score (nSPS) is 10.4. The number of hydrogen-bond acceptors (Lipinski definition) is 2. The lowest BCUT2D eigenvalue weighted by Crippen LogP contribution is -1.97. The van der Waals surface area contributed by atoms with E-state index in [1.54, 1.807) is 12.1 Å². The minimum absolute atomic E-state index is 0.152. The van der Waals surface area contributed by atoms with Crippen LogP contribution in [0.25, 0.3) is 0 Å². The van der Waals surface area contributed by atoms with Gasteiger partial charge in [-0.1, -0.05) is 17.7 Å². The van der Waals surface area contributed by atoms with E-state index in [0.29, 0.717) is 15.2 Å². The number of nitrogens with zero attached hydrogens (tertiary/aromatic N) is 1. The number of nitrogens with one attached hydrogen (secondary N) is 1. The second-order valence-electron chi connectivity index (χ2n) is 3.59. The average molecular weight is 316 g/mol. The molecule has 0 fully saturated rings. The molecule has 0 aliphatic rings. The van der Waals surface area contributed by atoms with Gasteiger partial charge in [0.25, 0.3) is 0 Å². The van der Waals surface area contributed by atoms with Crippen LogP contribution in [-0.4, -0.2) is 4.98 Å². The monoisotopic (exact) mass is 314 g/mol. The topological polar surface area (TPSA) is 24.9 Å². The fourth-order valence-corrected chi connectivity index (χ4v) is 1.94. The molecule has 17 heavy (non-hydrogen) atoms. The first-order valence-corrected chi connectivity index (χ1v) is 6.07. The van der Waals surface area contributed by atoms with Gasteiger partial charge in [0.15, 0.2) is 11.6 Å². The van der Waals surface area contributed by atoms with E-state index in [0.717, 1.165) is 5.56 Å². The average Bonchev–Trinajstić information content (AvgIpc) is 2.25. The van der Waals surface area contributed by atoms with Crippen molar-refractivity contribution in [1.82, 2.24) is 4.98 Å². The van der Waals surface area contributed by atoms with Crippen molar-refractivity contribution < 1.29 is 4.39 Å². The number of benzene rings is 1. The van der Waals surface area contributed by atoms with E-state index in [-0.39, 0.29) is 5.82 Å². The number of aromatic nitrogens is 1. The van der Waals surface area contributed by atoms with E-state index in [2.05, 4.69) is 26.2 Å². The Morgan fingerprint density at radius 2 is 2.12 bits per heavy atom. The predicted octanol–water partition coefficient (Wildman–Crippen LogP) is 4.69. The Morgan fingerprint density at radius 1 is 1.35 bits per heavy atom. The van der Waals surface area contributed by atoms with E-state index in [4.69, 9.17) is 11.6 Å². The highest BCUT2D eigenvalue weighted by atomic mass is 79.9. The molecule has 88 valence electrons. The van der Waals surface area contributed by atoms with Crippen LogP contribution in [0.2, 0.25) is 5.02 Å². The SMILES string of the molecule is Cc1ccc(Nc2ncc(Br)cc2F)c(Cl)c1. The van der Waals surface area contributed by atoms with Crippen LogP contribution < -0.4 is 5.32 Å². The standard InChI is InChI=1S/C12H9BrClFN2/c1-7-2-3-11(9(14)4-7)17-12-10(15)5-8(13)6-16-12/h2-6H,1H3,(H,16,17). The molecule has 0 spiro atoms. The Balaban J connectivity index is 2.31. The van der Waals surface area contributed by atoms with Crippen LogP contribution in [0.5, 0.6) is 0 Å². The van der Waals surface area contributed by atoms with Gasteiger partial charge in [-0.2, -0.15) is 0 Å². The second-order valence-corrected chi connectivity index (χ2v) is 4.92. The summed E-state index contributed by atoms with van der Waals surface area (Å²) >= 11 is 9.19. The first-order valence-electron chi connectivity index (χ1n) is 4.90. The zero-order valence-electron chi connectivity index (χ0n) is 8.97. The molecule has 1 N–H and O–H groups in total. The minimum Gasteiger partial charge on any atom is -0.337 e. The molecule has 5 heteroatoms. The van der Waals surface area contributed by atoms with E-state index in [1.165, 1.54) is 12.3 Å². The summed E-state index contributed by atoms with van der Waals surface area (Å²) < 4.78 is 14.1. The van der Waals surface area contributed by atoms with Gasteiger partial charge in [0.2, 0.25) is 0 Å². The lowest BCUT2D eigenvalue weighted by molar-refractivity contribution is 0.625. The summed E-state index contributed by atoms with van der Waals surface area (Å²) in [5.74, 6) is -0.282. The first kappa shape index (κ1) is 12.3. The highest BCUT2D eigenvalue weighted by molar-refractivity contribution is 9.10. The molecule has 2 rings (SSSR count). The molecular weight excluding hydrogens is 307 g/mol. The maximum Gasteiger partial charge on any atom is 0.166 e. The van der Waals surface area contributed by atoms with E-state index in [9.17, 15) is 4.39 Å². The first-order chi connectivity index (χ1) is 8.06. The molecule has 0 saturated carbocycles. The summed E-state index contributed by atoms with van der Waals surface area (Å²) in [6.07, 6.45) is 1.52. The highest BCUT2D eigenvalue weighted by Crippen LogP contribution is 2.27. The van der Waals surface area contributed by atoms with Gasteiger partial charge in [-0.15, -0.1) is 0 Å². The molecule has 0 atom stereocenters. The minimum atomic E-state index is -0.434. The third kappa shape index (κ3) is 2.96. The smallest absolute Gasteiger partial charge is 0.166 e. The second kappa shape index (κ2) is 5.02. The number of halogens is 3. The summed E-state index contributed by atoms with van der Waals surface area (Å²) in [6, 6.07) is 6.84. The predicted molar refractivity (Wildman–Crippen MR) is 71.4 cm³/mol. The molecule has 0 radical (unpaired) electrons. The van der Waals surface area contributed by atoms with Gasteiger partial charge in [0.1, 0.15) is 0 Å². The molecule has 0 bridgehead atoms. The van der Waals surface area contributed by atoms with Crippen molar-refractivity contribution in [3.05, 3.63) is 51.3 Å². The molecule has 0 saturated heterocycles. The van der Waals surface area contributed by atoms with Crippen molar-refractivity contribution in [2.75, 3.05) is 5.32 Å².